The molecule has 4 rings (SSSR count). The number of nitrogens with one attached hydrogen (secondary N) is 1. The maximum Gasteiger partial charge on any atom is 0.307 e. The number of hydrazone groups is 1. The molecule has 6 heteroatoms. The van der Waals surface area contributed by atoms with Crippen LogP contribution in [0.1, 0.15) is 23.0 Å². The van der Waals surface area contributed by atoms with Crippen LogP contribution in [0, 0.1) is 0 Å². The predicted molar refractivity (Wildman–Crippen MR) is 108 cm³/mol. The van der Waals surface area contributed by atoms with Crippen LogP contribution in [0.15, 0.2) is 70.2 Å². The van der Waals surface area contributed by atoms with E-state index in [1.807, 2.05) is 43.3 Å². The molecule has 0 spiro atoms. The van der Waals surface area contributed by atoms with Crippen molar-refractivity contribution in [3.05, 3.63) is 72.0 Å². The van der Waals surface area contributed by atoms with E-state index in [4.69, 9.17) is 9.15 Å². The number of hydrogen-bond acceptors (Lipinski definition) is 5. The monoisotopic (exact) mass is 374 g/mol. The smallest absolute Gasteiger partial charge is 0.307 e. The number of carbonyl (C=O) groups excluding carboxylic acids is 1. The van der Waals surface area contributed by atoms with Gasteiger partial charge in [-0.3, -0.25) is 4.79 Å². The number of hydrogen-bond donors (Lipinski definition) is 2. The minimum atomic E-state index is -0.444. The summed E-state index contributed by atoms with van der Waals surface area (Å²) in [5, 5.41) is 16.7. The van der Waals surface area contributed by atoms with Gasteiger partial charge in [0, 0.05) is 5.39 Å². The lowest BCUT2D eigenvalue weighted by atomic mass is 10.1. The first-order valence-corrected chi connectivity index (χ1v) is 8.86. The Kier molecular flexibility index (Phi) is 4.68. The van der Waals surface area contributed by atoms with Crippen LogP contribution in [-0.2, 0) is 0 Å². The molecule has 140 valence electrons. The Morgan fingerprint density at radius 1 is 1.14 bits per heavy atom. The van der Waals surface area contributed by atoms with Crippen LogP contribution in [0.2, 0.25) is 0 Å². The Morgan fingerprint density at radius 3 is 2.86 bits per heavy atom. The number of carbonyl (C=O) groups is 1. The third-order valence-electron chi connectivity index (χ3n) is 4.31. The third-order valence-corrected chi connectivity index (χ3v) is 4.31. The highest BCUT2D eigenvalue weighted by Crippen LogP contribution is 2.28. The molecular formula is C22H18N2O4. The summed E-state index contributed by atoms with van der Waals surface area (Å²) < 4.78 is 11.0. The molecule has 0 radical (unpaired) electrons. The minimum absolute atomic E-state index is 0.0533. The highest BCUT2D eigenvalue weighted by molar-refractivity contribution is 6.08. The van der Waals surface area contributed by atoms with Crippen molar-refractivity contribution >= 4 is 33.9 Å². The van der Waals surface area contributed by atoms with E-state index in [0.717, 1.165) is 16.2 Å². The van der Waals surface area contributed by atoms with Crippen molar-refractivity contribution in [3.8, 4) is 11.5 Å². The fourth-order valence-corrected chi connectivity index (χ4v) is 3.01. The van der Waals surface area contributed by atoms with E-state index in [-0.39, 0.29) is 11.5 Å². The van der Waals surface area contributed by atoms with E-state index in [1.54, 1.807) is 18.2 Å². The summed E-state index contributed by atoms with van der Waals surface area (Å²) in [6.45, 7) is 2.27. The number of benzene rings is 3. The molecule has 1 heterocycles. The normalized spacial score (nSPS) is 11.3. The first-order valence-electron chi connectivity index (χ1n) is 8.86. The van der Waals surface area contributed by atoms with Gasteiger partial charge in [0.1, 0.15) is 5.58 Å². The molecule has 0 bridgehead atoms. The lowest BCUT2D eigenvalue weighted by molar-refractivity contribution is 0.0929. The molecule has 4 aromatic rings. The van der Waals surface area contributed by atoms with Gasteiger partial charge < -0.3 is 14.3 Å². The Hall–Kier alpha value is -3.80. The van der Waals surface area contributed by atoms with E-state index in [0.29, 0.717) is 23.5 Å². The number of phenols is 1. The van der Waals surface area contributed by atoms with E-state index in [2.05, 4.69) is 10.5 Å². The molecule has 0 aliphatic carbocycles. The lowest BCUT2D eigenvalue weighted by Gasteiger charge is -2.05. The average Bonchev–Trinajstić information content (AvgIpc) is 3.15. The van der Waals surface area contributed by atoms with Crippen LogP contribution in [0.4, 0.5) is 0 Å². The second-order valence-corrected chi connectivity index (χ2v) is 6.17. The topological polar surface area (TPSA) is 84.1 Å². The van der Waals surface area contributed by atoms with Crippen molar-refractivity contribution < 1.29 is 19.1 Å². The molecule has 0 saturated heterocycles. The Labute approximate surface area is 161 Å². The van der Waals surface area contributed by atoms with E-state index in [1.165, 1.54) is 12.3 Å². The zero-order valence-electron chi connectivity index (χ0n) is 15.2. The molecule has 0 atom stereocenters. The zero-order valence-corrected chi connectivity index (χ0v) is 15.2. The average molecular weight is 374 g/mol. The third kappa shape index (κ3) is 3.40. The van der Waals surface area contributed by atoms with Gasteiger partial charge in [-0.25, -0.2) is 5.43 Å². The summed E-state index contributed by atoms with van der Waals surface area (Å²) in [5.41, 5.74) is 3.78. The van der Waals surface area contributed by atoms with Gasteiger partial charge in [-0.15, -0.1) is 0 Å². The summed E-state index contributed by atoms with van der Waals surface area (Å²) in [4.78, 5) is 12.4. The molecule has 3 aromatic carbocycles. The van der Waals surface area contributed by atoms with Crippen LogP contribution in [-0.4, -0.2) is 23.8 Å². The van der Waals surface area contributed by atoms with Gasteiger partial charge in [-0.1, -0.05) is 30.3 Å². The molecule has 1 amide bonds. The molecule has 2 N–H and O–H groups in total. The van der Waals surface area contributed by atoms with Crippen LogP contribution >= 0.6 is 0 Å². The lowest BCUT2D eigenvalue weighted by Crippen LogP contribution is -2.16. The molecule has 0 saturated carbocycles. The number of ether oxygens (including phenoxy) is 1. The number of furan rings is 1. The standard InChI is InChI=1S/C22H18N2O4/c1-2-27-20-11-14(7-9-18(20)25)13-23-24-22(26)21-12-17-16-6-4-3-5-15(16)8-10-19(17)28-21/h3-13,25H,2H2,1H3,(H,24,26)/b23-13+. The first-order chi connectivity index (χ1) is 13.7. The molecular weight excluding hydrogens is 356 g/mol. The number of phenolic OH excluding ortho intramolecular Hbond substituents is 1. The summed E-state index contributed by atoms with van der Waals surface area (Å²) in [6.07, 6.45) is 1.47. The molecule has 0 aliphatic heterocycles. The maximum atomic E-state index is 12.4. The van der Waals surface area contributed by atoms with Crippen LogP contribution < -0.4 is 10.2 Å². The quantitative estimate of drug-likeness (QED) is 0.399. The van der Waals surface area contributed by atoms with E-state index < -0.39 is 5.91 Å². The SMILES string of the molecule is CCOc1cc(/C=N/NC(=O)c2cc3c(ccc4ccccc43)o2)ccc1O. The summed E-state index contributed by atoms with van der Waals surface area (Å²) in [6, 6.07) is 18.3. The molecule has 0 unspecified atom stereocenters. The van der Waals surface area contributed by atoms with Crippen molar-refractivity contribution in [3.63, 3.8) is 0 Å². The van der Waals surface area contributed by atoms with Crippen LogP contribution in [0.25, 0.3) is 21.7 Å². The van der Waals surface area contributed by atoms with Crippen LogP contribution in [0.3, 0.4) is 0 Å². The molecule has 6 nitrogen and oxygen atoms in total. The fourth-order valence-electron chi connectivity index (χ4n) is 3.01. The zero-order chi connectivity index (χ0) is 19.5. The Morgan fingerprint density at radius 2 is 2.00 bits per heavy atom. The van der Waals surface area contributed by atoms with Gasteiger partial charge in [-0.2, -0.15) is 5.10 Å². The van der Waals surface area contributed by atoms with Crippen LogP contribution in [0.5, 0.6) is 11.5 Å². The number of amides is 1. The number of aromatic hydroxyl groups is 1. The highest BCUT2D eigenvalue weighted by atomic mass is 16.5. The second kappa shape index (κ2) is 7.44. The number of fused-ring (bicyclic) bond motifs is 3. The summed E-state index contributed by atoms with van der Waals surface area (Å²) >= 11 is 0. The van der Waals surface area contributed by atoms with Crippen molar-refractivity contribution in [2.75, 3.05) is 6.61 Å². The van der Waals surface area contributed by atoms with Gasteiger partial charge in [0.25, 0.3) is 0 Å². The molecule has 28 heavy (non-hydrogen) atoms. The van der Waals surface area contributed by atoms with Crippen molar-refractivity contribution in [1.82, 2.24) is 5.43 Å². The maximum absolute atomic E-state index is 12.4. The fraction of sp³-hybridized carbons (Fsp3) is 0.0909. The van der Waals surface area contributed by atoms with Gasteiger partial charge in [-0.05, 0) is 53.6 Å². The van der Waals surface area contributed by atoms with Gasteiger partial charge >= 0.3 is 5.91 Å². The summed E-state index contributed by atoms with van der Waals surface area (Å²) in [5.74, 6) is 0.157. The van der Waals surface area contributed by atoms with Crippen molar-refractivity contribution in [2.24, 2.45) is 5.10 Å². The van der Waals surface area contributed by atoms with Gasteiger partial charge in [0.15, 0.2) is 17.3 Å². The number of rotatable bonds is 5. The van der Waals surface area contributed by atoms with E-state index >= 15 is 0 Å². The first kappa shape index (κ1) is 17.6. The summed E-state index contributed by atoms with van der Waals surface area (Å²) in [7, 11) is 0. The van der Waals surface area contributed by atoms with Gasteiger partial charge in [0.2, 0.25) is 0 Å². The van der Waals surface area contributed by atoms with Crippen molar-refractivity contribution in [1.29, 1.82) is 0 Å². The second-order valence-electron chi connectivity index (χ2n) is 6.17. The molecule has 0 aliphatic rings. The Bertz CT molecular complexity index is 1190. The highest BCUT2D eigenvalue weighted by Gasteiger charge is 2.13. The van der Waals surface area contributed by atoms with E-state index in [9.17, 15) is 9.90 Å². The minimum Gasteiger partial charge on any atom is -0.504 e. The number of nitrogens with zero attached hydrogens (tertiary/aromatic N) is 1. The molecule has 0 fully saturated rings. The molecule has 1 aromatic heterocycles. The predicted octanol–water partition coefficient (Wildman–Crippen LogP) is 4.45. The van der Waals surface area contributed by atoms with Gasteiger partial charge in [0.05, 0.1) is 12.8 Å². The largest absolute Gasteiger partial charge is 0.504 e. The van der Waals surface area contributed by atoms with Crippen molar-refractivity contribution in [2.45, 2.75) is 6.92 Å². The Balaban J connectivity index is 1.53.